The van der Waals surface area contributed by atoms with Crippen molar-refractivity contribution in [3.05, 3.63) is 78.0 Å². The average molecular weight is 342 g/mol. The van der Waals surface area contributed by atoms with Crippen LogP contribution in [-0.2, 0) is 4.79 Å². The molecule has 5 nitrogen and oxygen atoms in total. The van der Waals surface area contributed by atoms with Gasteiger partial charge in [-0.05, 0) is 25.1 Å². The van der Waals surface area contributed by atoms with E-state index in [2.05, 4.69) is 10.4 Å². The summed E-state index contributed by atoms with van der Waals surface area (Å²) in [5.41, 5.74) is 3.30. The van der Waals surface area contributed by atoms with Gasteiger partial charge in [0.2, 0.25) is 0 Å². The Hall–Kier alpha value is -3.65. The van der Waals surface area contributed by atoms with Crippen LogP contribution in [-0.4, -0.2) is 22.2 Å². The highest BCUT2D eigenvalue weighted by atomic mass is 16.1. The zero-order valence-corrected chi connectivity index (χ0v) is 14.4. The average Bonchev–Trinajstić information content (AvgIpc) is 3.11. The van der Waals surface area contributed by atoms with E-state index in [1.54, 1.807) is 10.8 Å². The zero-order chi connectivity index (χ0) is 18.4. The fraction of sp³-hybridized carbons (Fsp3) is 0.0952. The summed E-state index contributed by atoms with van der Waals surface area (Å²) in [6.07, 6.45) is 3.41. The molecule has 3 rings (SSSR count). The Morgan fingerprint density at radius 3 is 2.42 bits per heavy atom. The Bertz CT molecular complexity index is 966. The molecule has 0 aliphatic carbocycles. The molecule has 1 amide bonds. The summed E-state index contributed by atoms with van der Waals surface area (Å²) in [7, 11) is 0. The van der Waals surface area contributed by atoms with Gasteiger partial charge in [-0.3, -0.25) is 4.79 Å². The molecule has 1 aromatic heterocycles. The highest BCUT2D eigenvalue weighted by molar-refractivity contribution is 6.02. The molecular weight excluding hydrogens is 324 g/mol. The molecule has 3 aromatic rings. The number of hydrogen-bond donors (Lipinski definition) is 1. The quantitative estimate of drug-likeness (QED) is 0.569. The minimum absolute atomic E-state index is 0.0524. The van der Waals surface area contributed by atoms with Crippen LogP contribution >= 0.6 is 0 Å². The van der Waals surface area contributed by atoms with Crippen molar-refractivity contribution in [1.29, 1.82) is 5.26 Å². The molecule has 0 unspecified atom stereocenters. The Kier molecular flexibility index (Phi) is 5.25. The fourth-order valence-electron chi connectivity index (χ4n) is 2.59. The van der Waals surface area contributed by atoms with E-state index >= 15 is 0 Å². The van der Waals surface area contributed by atoms with E-state index in [-0.39, 0.29) is 11.5 Å². The molecule has 2 aromatic carbocycles. The highest BCUT2D eigenvalue weighted by Crippen LogP contribution is 2.25. The van der Waals surface area contributed by atoms with Gasteiger partial charge in [-0.1, -0.05) is 48.5 Å². The first kappa shape index (κ1) is 17.2. The van der Waals surface area contributed by atoms with E-state index in [1.165, 1.54) is 0 Å². The van der Waals surface area contributed by atoms with Gasteiger partial charge in [0.15, 0.2) is 0 Å². The molecule has 0 spiro atoms. The lowest BCUT2D eigenvalue weighted by molar-refractivity contribution is -0.116. The lowest BCUT2D eigenvalue weighted by atomic mass is 10.1. The van der Waals surface area contributed by atoms with Gasteiger partial charge in [0, 0.05) is 23.9 Å². The Balaban J connectivity index is 2.12. The third-order valence-corrected chi connectivity index (χ3v) is 3.81. The van der Waals surface area contributed by atoms with Crippen LogP contribution in [0.15, 0.2) is 72.4 Å². The molecule has 1 heterocycles. The first-order chi connectivity index (χ1) is 12.7. The van der Waals surface area contributed by atoms with Crippen molar-refractivity contribution in [2.24, 2.45) is 0 Å². The minimum Gasteiger partial charge on any atom is -0.352 e. The molecule has 26 heavy (non-hydrogen) atoms. The largest absolute Gasteiger partial charge is 0.352 e. The Morgan fingerprint density at radius 2 is 1.81 bits per heavy atom. The topological polar surface area (TPSA) is 70.7 Å². The van der Waals surface area contributed by atoms with Crippen LogP contribution in [0.3, 0.4) is 0 Å². The normalized spacial score (nSPS) is 11.0. The number of nitriles is 1. The third-order valence-electron chi connectivity index (χ3n) is 3.81. The smallest absolute Gasteiger partial charge is 0.261 e. The van der Waals surface area contributed by atoms with Crippen LogP contribution in [0.4, 0.5) is 0 Å². The van der Waals surface area contributed by atoms with E-state index in [4.69, 9.17) is 0 Å². The molecule has 0 bridgehead atoms. The number of rotatable bonds is 5. The lowest BCUT2D eigenvalue weighted by Crippen LogP contribution is -2.23. The van der Waals surface area contributed by atoms with Crippen LogP contribution in [0.5, 0.6) is 0 Å². The van der Waals surface area contributed by atoms with Gasteiger partial charge in [0.25, 0.3) is 5.91 Å². The van der Waals surface area contributed by atoms with Gasteiger partial charge >= 0.3 is 0 Å². The number of likely N-dealkylation sites (N-methyl/N-ethyl adjacent to an activating group) is 1. The number of nitrogens with one attached hydrogen (secondary N) is 1. The molecule has 0 radical (unpaired) electrons. The number of para-hydroxylation sites is 1. The number of benzene rings is 2. The Labute approximate surface area is 152 Å². The first-order valence-corrected chi connectivity index (χ1v) is 8.33. The van der Waals surface area contributed by atoms with Crippen molar-refractivity contribution in [2.45, 2.75) is 6.92 Å². The lowest BCUT2D eigenvalue weighted by Gasteiger charge is -2.01. The molecule has 1 N–H and O–H groups in total. The van der Waals surface area contributed by atoms with Crippen LogP contribution < -0.4 is 5.32 Å². The molecule has 128 valence electrons. The predicted molar refractivity (Wildman–Crippen MR) is 101 cm³/mol. The number of carbonyl (C=O) groups excluding carboxylic acids is 1. The molecule has 0 saturated heterocycles. The van der Waals surface area contributed by atoms with Crippen LogP contribution in [0.2, 0.25) is 0 Å². The highest BCUT2D eigenvalue weighted by Gasteiger charge is 2.14. The third kappa shape index (κ3) is 3.70. The van der Waals surface area contributed by atoms with Crippen LogP contribution in [0.25, 0.3) is 23.0 Å². The van der Waals surface area contributed by atoms with Crippen molar-refractivity contribution < 1.29 is 4.79 Å². The van der Waals surface area contributed by atoms with E-state index in [9.17, 15) is 10.1 Å². The van der Waals surface area contributed by atoms with E-state index in [0.29, 0.717) is 17.8 Å². The van der Waals surface area contributed by atoms with Crippen molar-refractivity contribution in [3.63, 3.8) is 0 Å². The SMILES string of the molecule is CCNC(=O)C(C#N)=Cc1cn(-c2ccccc2)nc1-c1ccccc1. The van der Waals surface area contributed by atoms with Gasteiger partial charge in [0.05, 0.1) is 11.4 Å². The molecule has 0 atom stereocenters. The second-order valence-corrected chi connectivity index (χ2v) is 5.61. The number of hydrogen-bond acceptors (Lipinski definition) is 3. The van der Waals surface area contributed by atoms with Crippen LogP contribution in [0, 0.1) is 11.3 Å². The van der Waals surface area contributed by atoms with Gasteiger partial charge in [-0.2, -0.15) is 10.4 Å². The number of aromatic nitrogens is 2. The number of amides is 1. The molecule has 0 aliphatic rings. The number of carbonyl (C=O) groups is 1. The maximum Gasteiger partial charge on any atom is 0.261 e. The summed E-state index contributed by atoms with van der Waals surface area (Å²) in [4.78, 5) is 12.1. The molecule has 0 aliphatic heterocycles. The van der Waals surface area contributed by atoms with E-state index in [1.807, 2.05) is 79.9 Å². The summed E-state index contributed by atoms with van der Waals surface area (Å²) < 4.78 is 1.75. The van der Waals surface area contributed by atoms with Crippen molar-refractivity contribution in [3.8, 4) is 23.0 Å². The van der Waals surface area contributed by atoms with E-state index in [0.717, 1.165) is 11.3 Å². The maximum absolute atomic E-state index is 12.1. The fourth-order valence-corrected chi connectivity index (χ4v) is 2.59. The van der Waals surface area contributed by atoms with Gasteiger partial charge in [0.1, 0.15) is 11.6 Å². The zero-order valence-electron chi connectivity index (χ0n) is 14.4. The van der Waals surface area contributed by atoms with Gasteiger partial charge in [-0.15, -0.1) is 0 Å². The second kappa shape index (κ2) is 7.95. The molecule has 0 fully saturated rings. The standard InChI is InChI=1S/C21H18N4O/c1-2-23-21(26)17(14-22)13-18-15-25(19-11-7-4-8-12-19)24-20(18)16-9-5-3-6-10-16/h3-13,15H,2H2,1H3,(H,23,26). The summed E-state index contributed by atoms with van der Waals surface area (Å²) in [5, 5.41) is 16.7. The molecule has 0 saturated carbocycles. The first-order valence-electron chi connectivity index (χ1n) is 8.33. The van der Waals surface area contributed by atoms with E-state index < -0.39 is 0 Å². The summed E-state index contributed by atoms with van der Waals surface area (Å²) >= 11 is 0. The van der Waals surface area contributed by atoms with Gasteiger partial charge in [-0.25, -0.2) is 4.68 Å². The van der Waals surface area contributed by atoms with Crippen LogP contribution in [0.1, 0.15) is 12.5 Å². The predicted octanol–water partition coefficient (Wildman–Crippen LogP) is 3.58. The molecular formula is C21H18N4O. The maximum atomic E-state index is 12.1. The van der Waals surface area contributed by atoms with Crippen molar-refractivity contribution in [1.82, 2.24) is 15.1 Å². The van der Waals surface area contributed by atoms with Crippen molar-refractivity contribution >= 4 is 12.0 Å². The molecule has 5 heteroatoms. The Morgan fingerprint density at radius 1 is 1.15 bits per heavy atom. The van der Waals surface area contributed by atoms with Crippen molar-refractivity contribution in [2.75, 3.05) is 6.54 Å². The minimum atomic E-state index is -0.388. The summed E-state index contributed by atoms with van der Waals surface area (Å²) in [6, 6.07) is 21.4. The summed E-state index contributed by atoms with van der Waals surface area (Å²) in [6.45, 7) is 2.28. The van der Waals surface area contributed by atoms with Gasteiger partial charge < -0.3 is 5.32 Å². The summed E-state index contributed by atoms with van der Waals surface area (Å²) in [5.74, 6) is -0.388. The second-order valence-electron chi connectivity index (χ2n) is 5.61. The monoisotopic (exact) mass is 342 g/mol. The number of nitrogens with zero attached hydrogens (tertiary/aromatic N) is 3.